The van der Waals surface area contributed by atoms with Gasteiger partial charge in [-0.1, -0.05) is 30.3 Å². The van der Waals surface area contributed by atoms with E-state index in [0.29, 0.717) is 25.4 Å². The van der Waals surface area contributed by atoms with Gasteiger partial charge in [-0.15, -0.1) is 0 Å². The molecule has 0 N–H and O–H groups in total. The van der Waals surface area contributed by atoms with Crippen molar-refractivity contribution in [3.05, 3.63) is 54.1 Å². The lowest BCUT2D eigenvalue weighted by molar-refractivity contribution is -0.129. The second-order valence-electron chi connectivity index (χ2n) is 8.35. The van der Waals surface area contributed by atoms with Crippen LogP contribution in [0, 0.1) is 5.92 Å². The van der Waals surface area contributed by atoms with Crippen molar-refractivity contribution in [2.24, 2.45) is 5.92 Å². The molecule has 0 radical (unpaired) electrons. The molecule has 170 valence electrons. The number of carbonyl (C=O) groups excluding carboxylic acids is 2. The van der Waals surface area contributed by atoms with Crippen LogP contribution in [-0.2, 0) is 26.0 Å². The summed E-state index contributed by atoms with van der Waals surface area (Å²) < 4.78 is 33.8. The zero-order valence-corrected chi connectivity index (χ0v) is 19.0. The number of imide groups is 1. The number of carbonyl (C=O) groups is 2. The number of piperidine rings is 2. The normalized spacial score (nSPS) is 18.7. The summed E-state index contributed by atoms with van der Waals surface area (Å²) in [6.45, 7) is 0.851. The lowest BCUT2D eigenvalue weighted by atomic mass is 9.91. The molecule has 0 bridgehead atoms. The van der Waals surface area contributed by atoms with Gasteiger partial charge in [-0.05, 0) is 55.4 Å². The van der Waals surface area contributed by atoms with Gasteiger partial charge in [0.25, 0.3) is 0 Å². The summed E-state index contributed by atoms with van der Waals surface area (Å²) >= 11 is 0. The summed E-state index contributed by atoms with van der Waals surface area (Å²) in [4.78, 5) is 25.7. The highest BCUT2D eigenvalue weighted by molar-refractivity contribution is 7.89. The molecule has 2 fully saturated rings. The van der Waals surface area contributed by atoms with E-state index in [2.05, 4.69) is 12.1 Å². The molecule has 2 amide bonds. The van der Waals surface area contributed by atoms with E-state index in [1.807, 2.05) is 18.2 Å². The summed E-state index contributed by atoms with van der Waals surface area (Å²) in [6, 6.07) is 14.7. The van der Waals surface area contributed by atoms with E-state index in [4.69, 9.17) is 4.74 Å². The molecule has 0 unspecified atom stereocenters. The van der Waals surface area contributed by atoms with Gasteiger partial charge in [0.2, 0.25) is 21.8 Å². The van der Waals surface area contributed by atoms with Crippen LogP contribution in [0.1, 0.15) is 37.7 Å². The Labute approximate surface area is 189 Å². The van der Waals surface area contributed by atoms with Crippen LogP contribution in [0.5, 0.6) is 5.75 Å². The van der Waals surface area contributed by atoms with E-state index in [9.17, 15) is 18.0 Å². The molecule has 2 saturated heterocycles. The first-order valence-electron chi connectivity index (χ1n) is 11.0. The SMILES string of the molecule is COc1ccc(N2C(=O)CCCC2=O)cc1S(=O)(=O)N1CCC(Cc2ccccc2)CC1. The van der Waals surface area contributed by atoms with Crippen LogP contribution >= 0.6 is 0 Å². The Hall–Kier alpha value is -2.71. The highest BCUT2D eigenvalue weighted by atomic mass is 32.2. The van der Waals surface area contributed by atoms with Crippen molar-refractivity contribution in [1.29, 1.82) is 0 Å². The fourth-order valence-electron chi connectivity index (χ4n) is 4.49. The average molecular weight is 457 g/mol. The fraction of sp³-hybridized carbons (Fsp3) is 0.417. The van der Waals surface area contributed by atoms with E-state index >= 15 is 0 Å². The van der Waals surface area contributed by atoms with Gasteiger partial charge in [-0.25, -0.2) is 8.42 Å². The summed E-state index contributed by atoms with van der Waals surface area (Å²) in [7, 11) is -2.42. The average Bonchev–Trinajstić information content (AvgIpc) is 2.80. The number of anilines is 1. The Kier molecular flexibility index (Phi) is 6.62. The molecule has 2 aromatic carbocycles. The van der Waals surface area contributed by atoms with Crippen LogP contribution in [0.25, 0.3) is 0 Å². The summed E-state index contributed by atoms with van der Waals surface area (Å²) in [6.07, 6.45) is 3.56. The molecule has 0 aliphatic carbocycles. The summed E-state index contributed by atoms with van der Waals surface area (Å²) in [5, 5.41) is 0. The van der Waals surface area contributed by atoms with Gasteiger partial charge in [0, 0.05) is 25.9 Å². The first kappa shape index (κ1) is 22.5. The predicted octanol–water partition coefficient (Wildman–Crippen LogP) is 3.38. The molecule has 32 heavy (non-hydrogen) atoms. The molecule has 2 aromatic rings. The standard InChI is InChI=1S/C24H28N2O5S/c1-31-21-11-10-20(26-23(27)8-5-9-24(26)28)17-22(21)32(29,30)25-14-12-19(13-15-25)16-18-6-3-2-4-7-18/h2-4,6-7,10-11,17,19H,5,8-9,12-16H2,1H3. The molecule has 4 rings (SSSR count). The minimum Gasteiger partial charge on any atom is -0.495 e. The zero-order valence-electron chi connectivity index (χ0n) is 18.2. The van der Waals surface area contributed by atoms with E-state index in [1.54, 1.807) is 6.07 Å². The van der Waals surface area contributed by atoms with Gasteiger partial charge in [0.1, 0.15) is 10.6 Å². The maximum atomic E-state index is 13.5. The van der Waals surface area contributed by atoms with Gasteiger partial charge < -0.3 is 4.74 Å². The minimum atomic E-state index is -3.84. The molecule has 0 saturated carbocycles. The Morgan fingerprint density at radius 2 is 1.62 bits per heavy atom. The molecule has 8 heteroatoms. The molecular weight excluding hydrogens is 428 g/mol. The maximum absolute atomic E-state index is 13.5. The molecule has 2 aliphatic heterocycles. The highest BCUT2D eigenvalue weighted by Gasteiger charge is 2.34. The lowest BCUT2D eigenvalue weighted by Crippen LogP contribution is -2.41. The minimum absolute atomic E-state index is 0.00909. The third kappa shape index (κ3) is 4.56. The van der Waals surface area contributed by atoms with Crippen molar-refractivity contribution in [3.63, 3.8) is 0 Å². The van der Waals surface area contributed by atoms with Gasteiger partial charge in [0.15, 0.2) is 0 Å². The molecule has 7 nitrogen and oxygen atoms in total. The second-order valence-corrected chi connectivity index (χ2v) is 10.3. The van der Waals surface area contributed by atoms with Gasteiger partial charge in [-0.3, -0.25) is 14.5 Å². The third-order valence-electron chi connectivity index (χ3n) is 6.24. The quantitative estimate of drug-likeness (QED) is 0.622. The maximum Gasteiger partial charge on any atom is 0.246 e. The Bertz CT molecular complexity index is 1080. The van der Waals surface area contributed by atoms with Crippen molar-refractivity contribution in [2.75, 3.05) is 25.1 Å². The van der Waals surface area contributed by atoms with Crippen LogP contribution in [0.2, 0.25) is 0 Å². The number of amides is 2. The number of methoxy groups -OCH3 is 1. The van der Waals surface area contributed by atoms with Crippen molar-refractivity contribution >= 4 is 27.5 Å². The zero-order chi connectivity index (χ0) is 22.7. The lowest BCUT2D eigenvalue weighted by Gasteiger charge is -2.32. The molecule has 0 aromatic heterocycles. The van der Waals surface area contributed by atoms with E-state index in [-0.39, 0.29) is 41.0 Å². The van der Waals surface area contributed by atoms with Crippen LogP contribution in [-0.4, -0.2) is 44.7 Å². The van der Waals surface area contributed by atoms with Crippen molar-refractivity contribution < 1.29 is 22.7 Å². The van der Waals surface area contributed by atoms with Gasteiger partial charge in [0.05, 0.1) is 12.8 Å². The van der Waals surface area contributed by atoms with Gasteiger partial charge >= 0.3 is 0 Å². The van der Waals surface area contributed by atoms with Crippen molar-refractivity contribution in [1.82, 2.24) is 4.31 Å². The number of rotatable bonds is 6. The number of sulfonamides is 1. The summed E-state index contributed by atoms with van der Waals surface area (Å²) in [5.74, 6) is 0.0192. The Balaban J connectivity index is 1.54. The number of hydrogen-bond donors (Lipinski definition) is 0. The number of nitrogens with zero attached hydrogens (tertiary/aromatic N) is 2. The largest absolute Gasteiger partial charge is 0.495 e. The van der Waals surface area contributed by atoms with Crippen molar-refractivity contribution in [3.8, 4) is 5.75 Å². The third-order valence-corrected chi connectivity index (χ3v) is 8.16. The smallest absolute Gasteiger partial charge is 0.246 e. The van der Waals surface area contributed by atoms with Crippen molar-refractivity contribution in [2.45, 2.75) is 43.4 Å². The number of hydrogen-bond acceptors (Lipinski definition) is 5. The molecule has 2 aliphatic rings. The molecule has 0 atom stereocenters. The fourth-order valence-corrected chi connectivity index (χ4v) is 6.13. The molecule has 0 spiro atoms. The second kappa shape index (κ2) is 9.42. The first-order valence-corrected chi connectivity index (χ1v) is 12.4. The number of ether oxygens (including phenoxy) is 1. The predicted molar refractivity (Wildman–Crippen MR) is 121 cm³/mol. The number of benzene rings is 2. The molecule has 2 heterocycles. The van der Waals surface area contributed by atoms with Crippen LogP contribution < -0.4 is 9.64 Å². The first-order chi connectivity index (χ1) is 15.4. The molecular formula is C24H28N2O5S. The van der Waals surface area contributed by atoms with Gasteiger partial charge in [-0.2, -0.15) is 4.31 Å². The van der Waals surface area contributed by atoms with Crippen LogP contribution in [0.15, 0.2) is 53.4 Å². The van der Waals surface area contributed by atoms with E-state index in [0.717, 1.165) is 24.2 Å². The summed E-state index contributed by atoms with van der Waals surface area (Å²) in [5.41, 5.74) is 1.54. The highest BCUT2D eigenvalue weighted by Crippen LogP contribution is 2.34. The van der Waals surface area contributed by atoms with E-state index in [1.165, 1.54) is 29.1 Å². The van der Waals surface area contributed by atoms with Crippen LogP contribution in [0.4, 0.5) is 5.69 Å². The monoisotopic (exact) mass is 456 g/mol. The Morgan fingerprint density at radius 1 is 0.969 bits per heavy atom. The Morgan fingerprint density at radius 3 is 2.25 bits per heavy atom. The topological polar surface area (TPSA) is 84.0 Å². The van der Waals surface area contributed by atoms with E-state index < -0.39 is 10.0 Å². The van der Waals surface area contributed by atoms with Crippen LogP contribution in [0.3, 0.4) is 0 Å².